The Morgan fingerprint density at radius 2 is 1.46 bits per heavy atom. The minimum absolute atomic E-state index is 0.0278. The molecule has 1 rings (SSSR count). The van der Waals surface area contributed by atoms with Crippen LogP contribution in [0.25, 0.3) is 0 Å². The molecule has 0 aromatic heterocycles. The van der Waals surface area contributed by atoms with Gasteiger partial charge in [-0.05, 0) is 0 Å². The summed E-state index contributed by atoms with van der Waals surface area (Å²) in [6.45, 7) is 0. The first-order chi connectivity index (χ1) is 5.91. The molecule has 0 aliphatic carbocycles. The molecule has 0 amide bonds. The van der Waals surface area contributed by atoms with Gasteiger partial charge in [0.1, 0.15) is 12.8 Å². The van der Waals surface area contributed by atoms with Gasteiger partial charge in [0, 0.05) is 0 Å². The number of carbonyl (C=O) groups excluding carboxylic acids is 2. The van der Waals surface area contributed by atoms with Crippen LogP contribution in [0.1, 0.15) is 12.8 Å². The average molecular weight is 190 g/mol. The van der Waals surface area contributed by atoms with Crippen LogP contribution >= 0.6 is 0 Å². The van der Waals surface area contributed by atoms with Crippen molar-refractivity contribution in [3.63, 3.8) is 0 Å². The summed E-state index contributed by atoms with van der Waals surface area (Å²) in [7, 11) is 0. The molecule has 0 spiro atoms. The average Bonchev–Trinajstić information content (AvgIpc) is 1.82. The number of carboxylic acids is 2. The van der Waals surface area contributed by atoms with Gasteiger partial charge >= 0.3 is 23.9 Å². The molecular weight excluding hydrogens is 184 g/mol. The quantitative estimate of drug-likeness (QED) is 0.423. The molecule has 1 aliphatic heterocycles. The molecule has 1 heterocycles. The standard InChI is InChI=1S/C3H4O4.C3H2O3/c4-2(5)1-3(6)7;4-2-1-3(5)6-2/h1H2,(H,4,5)(H,6,7);1H2. The summed E-state index contributed by atoms with van der Waals surface area (Å²) in [6, 6.07) is 0. The molecule has 7 nitrogen and oxygen atoms in total. The van der Waals surface area contributed by atoms with Crippen molar-refractivity contribution in [2.24, 2.45) is 0 Å². The van der Waals surface area contributed by atoms with Crippen molar-refractivity contribution in [1.29, 1.82) is 0 Å². The zero-order valence-corrected chi connectivity index (χ0v) is 6.35. The number of hydrogen-bond donors (Lipinski definition) is 2. The molecule has 0 radical (unpaired) electrons. The number of carbonyl (C=O) groups is 4. The SMILES string of the molecule is O=C(O)CC(=O)O.O=C1CC(=O)O1. The van der Waals surface area contributed by atoms with Crippen molar-refractivity contribution >= 4 is 23.9 Å². The number of ether oxygens (including phenoxy) is 1. The van der Waals surface area contributed by atoms with E-state index in [-0.39, 0.29) is 6.42 Å². The third kappa shape index (κ3) is 6.48. The second kappa shape index (κ2) is 4.86. The molecule has 0 atom stereocenters. The monoisotopic (exact) mass is 190 g/mol. The lowest BCUT2D eigenvalue weighted by Gasteiger charge is -2.06. The van der Waals surface area contributed by atoms with E-state index >= 15 is 0 Å². The van der Waals surface area contributed by atoms with E-state index in [1.165, 1.54) is 0 Å². The molecule has 0 saturated carbocycles. The van der Waals surface area contributed by atoms with Crippen LogP contribution in [-0.4, -0.2) is 34.1 Å². The first-order valence-electron chi connectivity index (χ1n) is 3.09. The third-order valence-corrected chi connectivity index (χ3v) is 0.819. The van der Waals surface area contributed by atoms with Crippen molar-refractivity contribution in [2.45, 2.75) is 12.8 Å². The number of hydrogen-bond acceptors (Lipinski definition) is 5. The molecule has 0 aromatic rings. The number of cyclic esters (lactones) is 2. The summed E-state index contributed by atoms with van der Waals surface area (Å²) in [5, 5.41) is 15.4. The Hall–Kier alpha value is -1.92. The van der Waals surface area contributed by atoms with Crippen LogP contribution in [0.4, 0.5) is 0 Å². The molecule has 72 valence electrons. The second-order valence-electron chi connectivity index (χ2n) is 1.99. The fourth-order valence-electron chi connectivity index (χ4n) is 0.366. The van der Waals surface area contributed by atoms with E-state index in [4.69, 9.17) is 10.2 Å². The van der Waals surface area contributed by atoms with Gasteiger partial charge in [0.25, 0.3) is 0 Å². The number of esters is 2. The van der Waals surface area contributed by atoms with Crippen LogP contribution in [0.3, 0.4) is 0 Å². The van der Waals surface area contributed by atoms with Gasteiger partial charge < -0.3 is 14.9 Å². The molecule has 2 N–H and O–H groups in total. The normalized spacial score (nSPS) is 13.2. The van der Waals surface area contributed by atoms with Gasteiger partial charge in [-0.15, -0.1) is 0 Å². The third-order valence-electron chi connectivity index (χ3n) is 0.819. The largest absolute Gasteiger partial charge is 0.481 e. The lowest BCUT2D eigenvalue weighted by molar-refractivity contribution is -0.174. The Kier molecular flexibility index (Phi) is 4.14. The van der Waals surface area contributed by atoms with Crippen LogP contribution in [0.2, 0.25) is 0 Å². The molecule has 1 saturated heterocycles. The van der Waals surface area contributed by atoms with E-state index in [0.717, 1.165) is 0 Å². The predicted octanol–water partition coefficient (Wildman–Crippen LogP) is -0.994. The van der Waals surface area contributed by atoms with Gasteiger partial charge in [-0.2, -0.15) is 0 Å². The highest BCUT2D eigenvalue weighted by atomic mass is 16.6. The number of carboxylic acid groups (broad SMARTS) is 2. The van der Waals surface area contributed by atoms with Gasteiger partial charge in [0.2, 0.25) is 0 Å². The molecule has 13 heavy (non-hydrogen) atoms. The zero-order chi connectivity index (χ0) is 10.4. The fourth-order valence-corrected chi connectivity index (χ4v) is 0.366. The molecule has 0 bridgehead atoms. The first-order valence-corrected chi connectivity index (χ1v) is 3.09. The summed E-state index contributed by atoms with van der Waals surface area (Å²) in [5.74, 6) is -3.46. The Bertz CT molecular complexity index is 220. The Balaban J connectivity index is 0.000000223. The molecular formula is C6H6O7. The highest BCUT2D eigenvalue weighted by Gasteiger charge is 2.24. The van der Waals surface area contributed by atoms with E-state index in [0.29, 0.717) is 0 Å². The van der Waals surface area contributed by atoms with E-state index < -0.39 is 30.3 Å². The smallest absolute Gasteiger partial charge is 0.324 e. The topological polar surface area (TPSA) is 118 Å². The van der Waals surface area contributed by atoms with Gasteiger partial charge in [0.15, 0.2) is 0 Å². The molecule has 1 fully saturated rings. The molecule has 7 heteroatoms. The van der Waals surface area contributed by atoms with Crippen LogP contribution < -0.4 is 0 Å². The van der Waals surface area contributed by atoms with Crippen molar-refractivity contribution in [1.82, 2.24) is 0 Å². The Morgan fingerprint density at radius 3 is 1.46 bits per heavy atom. The van der Waals surface area contributed by atoms with Crippen LogP contribution in [0.15, 0.2) is 0 Å². The van der Waals surface area contributed by atoms with Crippen molar-refractivity contribution < 1.29 is 34.1 Å². The maximum atomic E-state index is 9.67. The molecule has 0 unspecified atom stereocenters. The van der Waals surface area contributed by atoms with E-state index in [1.54, 1.807) is 0 Å². The molecule has 0 aromatic carbocycles. The summed E-state index contributed by atoms with van der Waals surface area (Å²) in [6.07, 6.45) is -0.833. The molecule has 1 aliphatic rings. The van der Waals surface area contributed by atoms with E-state index in [9.17, 15) is 19.2 Å². The van der Waals surface area contributed by atoms with Crippen molar-refractivity contribution in [3.05, 3.63) is 0 Å². The second-order valence-corrected chi connectivity index (χ2v) is 1.99. The number of rotatable bonds is 2. The lowest BCUT2D eigenvalue weighted by Crippen LogP contribution is -2.26. The summed E-state index contributed by atoms with van der Waals surface area (Å²) < 4.78 is 3.86. The lowest BCUT2D eigenvalue weighted by atomic mass is 10.4. The summed E-state index contributed by atoms with van der Waals surface area (Å²) in [4.78, 5) is 38.2. The minimum atomic E-state index is -1.31. The maximum absolute atomic E-state index is 9.67. The van der Waals surface area contributed by atoms with Crippen molar-refractivity contribution in [3.8, 4) is 0 Å². The number of aliphatic carboxylic acids is 2. The van der Waals surface area contributed by atoms with Crippen LogP contribution in [0.5, 0.6) is 0 Å². The predicted molar refractivity (Wildman–Crippen MR) is 35.6 cm³/mol. The zero-order valence-electron chi connectivity index (χ0n) is 6.35. The summed E-state index contributed by atoms with van der Waals surface area (Å²) >= 11 is 0. The van der Waals surface area contributed by atoms with Crippen molar-refractivity contribution in [2.75, 3.05) is 0 Å². The first kappa shape index (κ1) is 11.1. The highest BCUT2D eigenvalue weighted by Crippen LogP contribution is 2.00. The van der Waals surface area contributed by atoms with E-state index in [1.807, 2.05) is 0 Å². The Morgan fingerprint density at radius 1 is 1.15 bits per heavy atom. The van der Waals surface area contributed by atoms with Crippen LogP contribution in [0, 0.1) is 0 Å². The van der Waals surface area contributed by atoms with E-state index in [2.05, 4.69) is 4.74 Å². The van der Waals surface area contributed by atoms with Gasteiger partial charge in [-0.3, -0.25) is 19.2 Å². The maximum Gasteiger partial charge on any atom is 0.324 e. The van der Waals surface area contributed by atoms with Gasteiger partial charge in [-0.1, -0.05) is 0 Å². The minimum Gasteiger partial charge on any atom is -0.481 e. The van der Waals surface area contributed by atoms with Gasteiger partial charge in [0.05, 0.1) is 0 Å². The van der Waals surface area contributed by atoms with Gasteiger partial charge in [-0.25, -0.2) is 0 Å². The fraction of sp³-hybridized carbons (Fsp3) is 0.333. The highest BCUT2D eigenvalue weighted by molar-refractivity contribution is 6.06. The Labute approximate surface area is 71.9 Å². The van der Waals surface area contributed by atoms with Crippen LogP contribution in [-0.2, 0) is 23.9 Å². The summed E-state index contributed by atoms with van der Waals surface area (Å²) in [5.41, 5.74) is 0.